The Bertz CT molecular complexity index is 1130. The molecule has 0 saturated carbocycles. The Morgan fingerprint density at radius 2 is 1.93 bits per heavy atom. The minimum atomic E-state index is -0.328. The summed E-state index contributed by atoms with van der Waals surface area (Å²) in [7, 11) is 1.80. The SMILES string of the molecule is CCc1ccc(NC(=O)c2cc3c(-c4ccccc4F)nn(C)c3s2)cc1. The topological polar surface area (TPSA) is 46.9 Å². The predicted octanol–water partition coefficient (Wildman–Crippen LogP) is 5.26. The minimum absolute atomic E-state index is 0.181. The third-order valence-electron chi connectivity index (χ3n) is 4.48. The molecule has 0 aliphatic carbocycles. The van der Waals surface area contributed by atoms with E-state index >= 15 is 0 Å². The number of hydrogen-bond acceptors (Lipinski definition) is 3. The average molecular weight is 379 g/mol. The molecule has 4 aromatic rings. The van der Waals surface area contributed by atoms with E-state index in [4.69, 9.17) is 0 Å². The van der Waals surface area contributed by atoms with Crippen LogP contribution in [0.3, 0.4) is 0 Å². The van der Waals surface area contributed by atoms with Crippen LogP contribution in [0.5, 0.6) is 0 Å². The lowest BCUT2D eigenvalue weighted by Gasteiger charge is -2.04. The second kappa shape index (κ2) is 6.96. The summed E-state index contributed by atoms with van der Waals surface area (Å²) in [4.78, 5) is 14.1. The highest BCUT2D eigenvalue weighted by atomic mass is 32.1. The highest BCUT2D eigenvalue weighted by molar-refractivity contribution is 7.20. The van der Waals surface area contributed by atoms with Crippen LogP contribution in [0, 0.1) is 5.82 Å². The molecule has 2 heterocycles. The van der Waals surface area contributed by atoms with Crippen LogP contribution >= 0.6 is 11.3 Å². The quantitative estimate of drug-likeness (QED) is 0.526. The molecule has 27 heavy (non-hydrogen) atoms. The van der Waals surface area contributed by atoms with Crippen molar-refractivity contribution >= 4 is 33.1 Å². The molecule has 0 spiro atoms. The van der Waals surface area contributed by atoms with Crippen LogP contribution in [-0.2, 0) is 13.5 Å². The van der Waals surface area contributed by atoms with Crippen LogP contribution in [0.4, 0.5) is 10.1 Å². The van der Waals surface area contributed by atoms with Gasteiger partial charge < -0.3 is 5.32 Å². The van der Waals surface area contributed by atoms with Crippen LogP contribution in [-0.4, -0.2) is 15.7 Å². The van der Waals surface area contributed by atoms with Crippen molar-refractivity contribution < 1.29 is 9.18 Å². The lowest BCUT2D eigenvalue weighted by Crippen LogP contribution is -2.10. The van der Waals surface area contributed by atoms with Gasteiger partial charge in [0.25, 0.3) is 5.91 Å². The van der Waals surface area contributed by atoms with Gasteiger partial charge in [-0.15, -0.1) is 11.3 Å². The molecule has 1 N–H and O–H groups in total. The highest BCUT2D eigenvalue weighted by Crippen LogP contribution is 2.34. The number of benzene rings is 2. The van der Waals surface area contributed by atoms with E-state index in [0.29, 0.717) is 16.1 Å². The lowest BCUT2D eigenvalue weighted by molar-refractivity contribution is 0.103. The smallest absolute Gasteiger partial charge is 0.265 e. The normalized spacial score (nSPS) is 11.1. The largest absolute Gasteiger partial charge is 0.321 e. The lowest BCUT2D eigenvalue weighted by atomic mass is 10.1. The summed E-state index contributed by atoms with van der Waals surface area (Å²) in [5.74, 6) is -0.509. The van der Waals surface area contributed by atoms with Gasteiger partial charge in [0.15, 0.2) is 0 Å². The van der Waals surface area contributed by atoms with E-state index in [-0.39, 0.29) is 11.7 Å². The molecule has 0 aliphatic heterocycles. The molecule has 4 nitrogen and oxygen atoms in total. The van der Waals surface area contributed by atoms with Gasteiger partial charge >= 0.3 is 0 Å². The molecule has 1 amide bonds. The standard InChI is InChI=1S/C21H18FN3OS/c1-3-13-8-10-14(11-9-13)23-20(26)18-12-16-19(24-25(2)21(16)27-18)15-6-4-5-7-17(15)22/h4-12H,3H2,1-2H3,(H,23,26). The molecular weight excluding hydrogens is 361 g/mol. The van der Waals surface area contributed by atoms with Crippen molar-refractivity contribution in [3.63, 3.8) is 0 Å². The van der Waals surface area contributed by atoms with Crippen LogP contribution in [0.2, 0.25) is 0 Å². The third-order valence-corrected chi connectivity index (χ3v) is 5.68. The monoisotopic (exact) mass is 379 g/mol. The number of rotatable bonds is 4. The predicted molar refractivity (Wildman–Crippen MR) is 108 cm³/mol. The summed E-state index contributed by atoms with van der Waals surface area (Å²) in [5, 5.41) is 8.13. The zero-order valence-corrected chi connectivity index (χ0v) is 15.8. The van der Waals surface area contributed by atoms with Crippen molar-refractivity contribution in [2.45, 2.75) is 13.3 Å². The Morgan fingerprint density at radius 3 is 2.63 bits per heavy atom. The van der Waals surface area contributed by atoms with E-state index in [1.54, 1.807) is 36.0 Å². The van der Waals surface area contributed by atoms with Crippen molar-refractivity contribution in [1.82, 2.24) is 9.78 Å². The Hall–Kier alpha value is -2.99. The fourth-order valence-corrected chi connectivity index (χ4v) is 3.99. The van der Waals surface area contributed by atoms with Gasteiger partial charge in [0.05, 0.1) is 4.88 Å². The van der Waals surface area contributed by atoms with Gasteiger partial charge in [-0.3, -0.25) is 9.48 Å². The number of amides is 1. The first-order chi connectivity index (χ1) is 13.1. The van der Waals surface area contributed by atoms with Gasteiger partial charge in [-0.2, -0.15) is 5.10 Å². The van der Waals surface area contributed by atoms with Gasteiger partial charge in [0.1, 0.15) is 16.3 Å². The molecule has 0 bridgehead atoms. The molecule has 0 saturated heterocycles. The number of aryl methyl sites for hydroxylation is 2. The van der Waals surface area contributed by atoms with Crippen molar-refractivity contribution in [2.24, 2.45) is 7.05 Å². The van der Waals surface area contributed by atoms with Crippen molar-refractivity contribution in [3.8, 4) is 11.3 Å². The number of halogens is 1. The minimum Gasteiger partial charge on any atom is -0.321 e. The number of carbonyl (C=O) groups is 1. The van der Waals surface area contributed by atoms with E-state index in [1.165, 1.54) is 23.0 Å². The first-order valence-corrected chi connectivity index (χ1v) is 9.50. The molecule has 0 atom stereocenters. The Kier molecular flexibility index (Phi) is 4.49. The number of hydrogen-bond donors (Lipinski definition) is 1. The fraction of sp³-hybridized carbons (Fsp3) is 0.143. The number of carbonyl (C=O) groups excluding carboxylic acids is 1. The van der Waals surface area contributed by atoms with Gasteiger partial charge in [-0.25, -0.2) is 4.39 Å². The first-order valence-electron chi connectivity index (χ1n) is 8.68. The number of thiophene rings is 1. The molecule has 0 fully saturated rings. The number of nitrogens with one attached hydrogen (secondary N) is 1. The van der Waals surface area contributed by atoms with Crippen LogP contribution in [0.25, 0.3) is 21.5 Å². The van der Waals surface area contributed by atoms with Crippen molar-refractivity contribution in [1.29, 1.82) is 0 Å². The van der Waals surface area contributed by atoms with E-state index < -0.39 is 0 Å². The second-order valence-corrected chi connectivity index (χ2v) is 7.32. The number of nitrogens with zero attached hydrogens (tertiary/aromatic N) is 2. The Morgan fingerprint density at radius 1 is 1.19 bits per heavy atom. The summed E-state index contributed by atoms with van der Waals surface area (Å²) in [6, 6.07) is 16.1. The van der Waals surface area contributed by atoms with Gasteiger partial charge in [-0.05, 0) is 42.3 Å². The van der Waals surface area contributed by atoms with Gasteiger partial charge in [0, 0.05) is 23.7 Å². The van der Waals surface area contributed by atoms with Crippen LogP contribution < -0.4 is 5.32 Å². The third kappa shape index (κ3) is 3.24. The fourth-order valence-electron chi connectivity index (χ4n) is 3.02. The molecule has 4 rings (SSSR count). The van der Waals surface area contributed by atoms with E-state index in [1.807, 2.05) is 24.3 Å². The van der Waals surface area contributed by atoms with Gasteiger partial charge in [-0.1, -0.05) is 31.2 Å². The average Bonchev–Trinajstić information content (AvgIpc) is 3.24. The van der Waals surface area contributed by atoms with E-state index in [9.17, 15) is 9.18 Å². The summed E-state index contributed by atoms with van der Waals surface area (Å²) >= 11 is 1.35. The zero-order chi connectivity index (χ0) is 19.0. The Labute approximate surface area is 160 Å². The molecule has 2 aromatic carbocycles. The summed E-state index contributed by atoms with van der Waals surface area (Å²) in [6.45, 7) is 2.09. The molecule has 6 heteroatoms. The second-order valence-electron chi connectivity index (χ2n) is 6.29. The summed E-state index contributed by atoms with van der Waals surface area (Å²) < 4.78 is 15.9. The molecule has 0 radical (unpaired) electrons. The van der Waals surface area contributed by atoms with E-state index in [0.717, 1.165) is 22.3 Å². The number of fused-ring (bicyclic) bond motifs is 1. The molecule has 2 aromatic heterocycles. The van der Waals surface area contributed by atoms with Crippen LogP contribution in [0.1, 0.15) is 22.2 Å². The highest BCUT2D eigenvalue weighted by Gasteiger charge is 2.19. The molecule has 0 unspecified atom stereocenters. The molecule has 0 aliphatic rings. The van der Waals surface area contributed by atoms with Gasteiger partial charge in [0.2, 0.25) is 0 Å². The van der Waals surface area contributed by atoms with E-state index in [2.05, 4.69) is 17.3 Å². The molecule has 136 valence electrons. The van der Waals surface area contributed by atoms with Crippen LogP contribution in [0.15, 0.2) is 54.6 Å². The number of aromatic nitrogens is 2. The summed E-state index contributed by atoms with van der Waals surface area (Å²) in [5.41, 5.74) is 2.95. The maximum Gasteiger partial charge on any atom is 0.265 e. The Balaban J connectivity index is 1.68. The molecular formula is C21H18FN3OS. The summed E-state index contributed by atoms with van der Waals surface area (Å²) in [6.07, 6.45) is 0.955. The maximum absolute atomic E-state index is 14.2. The number of anilines is 1. The first kappa shape index (κ1) is 17.4. The van der Waals surface area contributed by atoms with Crippen molar-refractivity contribution in [3.05, 3.63) is 70.9 Å². The zero-order valence-electron chi connectivity index (χ0n) is 15.0. The maximum atomic E-state index is 14.2. The van der Waals surface area contributed by atoms with Crippen molar-refractivity contribution in [2.75, 3.05) is 5.32 Å².